The Kier molecular flexibility index (Phi) is 6.99. The molecule has 0 spiro atoms. The van der Waals surface area contributed by atoms with E-state index >= 15 is 0 Å². The Balaban J connectivity index is 2.54. The first-order valence-electron chi connectivity index (χ1n) is 6.75. The third kappa shape index (κ3) is 6.36. The molecule has 0 radical (unpaired) electrons. The fourth-order valence-corrected chi connectivity index (χ4v) is 2.43. The van der Waals surface area contributed by atoms with Gasteiger partial charge in [0.15, 0.2) is 0 Å². The van der Waals surface area contributed by atoms with E-state index in [-0.39, 0.29) is 18.2 Å². The third-order valence-corrected chi connectivity index (χ3v) is 3.56. The predicted molar refractivity (Wildman–Crippen MR) is 83.8 cm³/mol. The van der Waals surface area contributed by atoms with Crippen LogP contribution in [0.25, 0.3) is 0 Å². The highest BCUT2D eigenvalue weighted by molar-refractivity contribution is 6.35. The van der Waals surface area contributed by atoms with Crippen molar-refractivity contribution in [3.05, 3.63) is 33.8 Å². The van der Waals surface area contributed by atoms with E-state index in [2.05, 4.69) is 5.32 Å². The Labute approximate surface area is 134 Å². The minimum atomic E-state index is -1.01. The van der Waals surface area contributed by atoms with Crippen molar-refractivity contribution in [1.82, 2.24) is 5.32 Å². The quantitative estimate of drug-likeness (QED) is 0.802. The van der Waals surface area contributed by atoms with Crippen LogP contribution in [-0.4, -0.2) is 23.0 Å². The molecule has 116 valence electrons. The topological polar surface area (TPSA) is 66.4 Å². The van der Waals surface area contributed by atoms with E-state index in [0.717, 1.165) is 5.56 Å². The van der Waals surface area contributed by atoms with Gasteiger partial charge in [0.2, 0.25) is 5.91 Å². The van der Waals surface area contributed by atoms with Gasteiger partial charge in [0, 0.05) is 16.5 Å². The summed E-state index contributed by atoms with van der Waals surface area (Å²) < 4.78 is 0. The lowest BCUT2D eigenvalue weighted by molar-refractivity contribution is -0.142. The molecule has 1 atom stereocenters. The van der Waals surface area contributed by atoms with Crippen LogP contribution in [0.5, 0.6) is 0 Å². The zero-order valence-electron chi connectivity index (χ0n) is 12.0. The van der Waals surface area contributed by atoms with Crippen molar-refractivity contribution < 1.29 is 14.7 Å². The molecule has 4 nitrogen and oxygen atoms in total. The minimum Gasteiger partial charge on any atom is -0.480 e. The van der Waals surface area contributed by atoms with Gasteiger partial charge in [-0.05, 0) is 36.5 Å². The number of aryl methyl sites for hydroxylation is 1. The van der Waals surface area contributed by atoms with E-state index in [9.17, 15) is 9.59 Å². The Morgan fingerprint density at radius 3 is 2.48 bits per heavy atom. The number of amides is 1. The number of hydrogen-bond donors (Lipinski definition) is 2. The highest BCUT2D eigenvalue weighted by Gasteiger charge is 2.20. The van der Waals surface area contributed by atoms with Gasteiger partial charge in [-0.3, -0.25) is 4.79 Å². The number of halogens is 2. The molecule has 21 heavy (non-hydrogen) atoms. The Bertz CT molecular complexity index is 518. The molecule has 0 aliphatic rings. The van der Waals surface area contributed by atoms with Crippen LogP contribution in [0.3, 0.4) is 0 Å². The third-order valence-electron chi connectivity index (χ3n) is 2.98. The number of hydrogen-bond acceptors (Lipinski definition) is 2. The SMILES string of the molecule is CC(C)C[C@@H](NC(=O)CCc1ccc(Cl)cc1Cl)C(=O)O. The molecule has 0 saturated heterocycles. The number of carboxylic acid groups (broad SMARTS) is 1. The smallest absolute Gasteiger partial charge is 0.326 e. The summed E-state index contributed by atoms with van der Waals surface area (Å²) in [5.74, 6) is -1.12. The molecular formula is C15H19Cl2NO3. The van der Waals surface area contributed by atoms with Crippen LogP contribution in [0.4, 0.5) is 0 Å². The van der Waals surface area contributed by atoms with Gasteiger partial charge in [-0.1, -0.05) is 43.1 Å². The molecule has 0 saturated carbocycles. The standard InChI is InChI=1S/C15H19Cl2NO3/c1-9(2)7-13(15(20)21)18-14(19)6-4-10-3-5-11(16)8-12(10)17/h3,5,8-9,13H,4,6-7H2,1-2H3,(H,18,19)(H,20,21)/t13-/m1/s1. The van der Waals surface area contributed by atoms with Gasteiger partial charge in [0.25, 0.3) is 0 Å². The summed E-state index contributed by atoms with van der Waals surface area (Å²) in [6.07, 6.45) is 1.03. The van der Waals surface area contributed by atoms with Crippen LogP contribution in [0, 0.1) is 5.92 Å². The van der Waals surface area contributed by atoms with Crippen LogP contribution in [-0.2, 0) is 16.0 Å². The second-order valence-corrected chi connectivity index (χ2v) is 6.17. The summed E-state index contributed by atoms with van der Waals surface area (Å²) in [4.78, 5) is 22.9. The van der Waals surface area contributed by atoms with E-state index in [0.29, 0.717) is 22.9 Å². The lowest BCUT2D eigenvalue weighted by atomic mass is 10.0. The van der Waals surface area contributed by atoms with Crippen molar-refractivity contribution in [2.24, 2.45) is 5.92 Å². The average molecular weight is 332 g/mol. The molecular weight excluding hydrogens is 313 g/mol. The van der Waals surface area contributed by atoms with Gasteiger partial charge in [-0.15, -0.1) is 0 Å². The number of rotatable bonds is 7. The largest absolute Gasteiger partial charge is 0.480 e. The van der Waals surface area contributed by atoms with Crippen LogP contribution >= 0.6 is 23.2 Å². The highest BCUT2D eigenvalue weighted by Crippen LogP contribution is 2.22. The molecule has 0 aromatic heterocycles. The number of aliphatic carboxylic acids is 1. The zero-order chi connectivity index (χ0) is 16.0. The fraction of sp³-hybridized carbons (Fsp3) is 0.467. The Hall–Kier alpha value is -1.26. The number of carbonyl (C=O) groups excluding carboxylic acids is 1. The maximum atomic E-state index is 11.8. The highest BCUT2D eigenvalue weighted by atomic mass is 35.5. The molecule has 0 aliphatic carbocycles. The van der Waals surface area contributed by atoms with E-state index in [1.165, 1.54) is 0 Å². The van der Waals surface area contributed by atoms with Crippen molar-refractivity contribution in [2.45, 2.75) is 39.2 Å². The van der Waals surface area contributed by atoms with Crippen LogP contribution in [0.2, 0.25) is 10.0 Å². The summed E-state index contributed by atoms with van der Waals surface area (Å²) in [5, 5.41) is 12.7. The second kappa shape index (κ2) is 8.25. The van der Waals surface area contributed by atoms with Crippen molar-refractivity contribution in [1.29, 1.82) is 0 Å². The molecule has 1 amide bonds. The fourth-order valence-electron chi connectivity index (χ4n) is 1.93. The van der Waals surface area contributed by atoms with Crippen LogP contribution in [0.1, 0.15) is 32.3 Å². The minimum absolute atomic E-state index is 0.184. The number of carboxylic acids is 1. The van der Waals surface area contributed by atoms with Crippen molar-refractivity contribution in [2.75, 3.05) is 0 Å². The van der Waals surface area contributed by atoms with Crippen molar-refractivity contribution in [3.63, 3.8) is 0 Å². The Morgan fingerprint density at radius 2 is 1.95 bits per heavy atom. The molecule has 0 unspecified atom stereocenters. The van der Waals surface area contributed by atoms with Crippen LogP contribution in [0.15, 0.2) is 18.2 Å². The molecule has 0 bridgehead atoms. The summed E-state index contributed by atoms with van der Waals surface area (Å²) >= 11 is 11.8. The van der Waals surface area contributed by atoms with E-state index in [4.69, 9.17) is 28.3 Å². The number of benzene rings is 1. The number of carbonyl (C=O) groups is 2. The van der Waals surface area contributed by atoms with Crippen molar-refractivity contribution in [3.8, 4) is 0 Å². The first-order valence-corrected chi connectivity index (χ1v) is 7.51. The average Bonchev–Trinajstić information content (AvgIpc) is 2.36. The first kappa shape index (κ1) is 17.8. The monoisotopic (exact) mass is 331 g/mol. The van der Waals surface area contributed by atoms with Gasteiger partial charge in [0.1, 0.15) is 6.04 Å². The lowest BCUT2D eigenvalue weighted by Gasteiger charge is -2.16. The van der Waals surface area contributed by atoms with E-state index < -0.39 is 12.0 Å². The maximum Gasteiger partial charge on any atom is 0.326 e. The summed E-state index contributed by atoms with van der Waals surface area (Å²) in [6, 6.07) is 4.24. The van der Waals surface area contributed by atoms with Gasteiger partial charge in [-0.25, -0.2) is 4.79 Å². The van der Waals surface area contributed by atoms with Crippen molar-refractivity contribution >= 4 is 35.1 Å². The molecule has 1 aromatic rings. The summed E-state index contributed by atoms with van der Waals surface area (Å²) in [6.45, 7) is 3.82. The van der Waals surface area contributed by atoms with Crippen LogP contribution < -0.4 is 5.32 Å². The predicted octanol–water partition coefficient (Wildman–Crippen LogP) is 3.54. The number of nitrogens with one attached hydrogen (secondary N) is 1. The van der Waals surface area contributed by atoms with Gasteiger partial charge < -0.3 is 10.4 Å². The van der Waals surface area contributed by atoms with Gasteiger partial charge >= 0.3 is 5.97 Å². The molecule has 6 heteroatoms. The lowest BCUT2D eigenvalue weighted by Crippen LogP contribution is -2.41. The molecule has 1 aromatic carbocycles. The van der Waals surface area contributed by atoms with Gasteiger partial charge in [-0.2, -0.15) is 0 Å². The summed E-state index contributed by atoms with van der Waals surface area (Å²) in [5.41, 5.74) is 0.812. The molecule has 1 rings (SSSR count). The van der Waals surface area contributed by atoms with E-state index in [1.54, 1.807) is 18.2 Å². The van der Waals surface area contributed by atoms with Gasteiger partial charge in [0.05, 0.1) is 0 Å². The second-order valence-electron chi connectivity index (χ2n) is 5.32. The first-order chi connectivity index (χ1) is 9.79. The summed E-state index contributed by atoms with van der Waals surface area (Å²) in [7, 11) is 0. The van der Waals surface area contributed by atoms with E-state index in [1.807, 2.05) is 13.8 Å². The molecule has 0 heterocycles. The molecule has 0 fully saturated rings. The zero-order valence-corrected chi connectivity index (χ0v) is 13.5. The maximum absolute atomic E-state index is 11.8. The molecule has 2 N–H and O–H groups in total. The Morgan fingerprint density at radius 1 is 1.29 bits per heavy atom. The molecule has 0 aliphatic heterocycles. The normalized spacial score (nSPS) is 12.2.